The van der Waals surface area contributed by atoms with Gasteiger partial charge in [-0.3, -0.25) is 4.79 Å². The molecule has 0 radical (unpaired) electrons. The van der Waals surface area contributed by atoms with Gasteiger partial charge in [0.2, 0.25) is 5.91 Å². The van der Waals surface area contributed by atoms with Gasteiger partial charge in [0, 0.05) is 0 Å². The third kappa shape index (κ3) is 2.63. The minimum Gasteiger partial charge on any atom is -0.464 e. The lowest BCUT2D eigenvalue weighted by Crippen LogP contribution is -2.63. The first-order chi connectivity index (χ1) is 10.0. The smallest absolute Gasteiger partial charge is 0.354 e. The van der Waals surface area contributed by atoms with Crippen molar-refractivity contribution in [2.75, 3.05) is 7.11 Å². The number of fused-ring (bicyclic) bond motifs is 1. The molecule has 5 nitrogen and oxygen atoms in total. The van der Waals surface area contributed by atoms with Crippen molar-refractivity contribution in [3.8, 4) is 0 Å². The molecule has 0 N–H and O–H groups in total. The highest BCUT2D eigenvalue weighted by Gasteiger charge is 2.56. The molecule has 0 bridgehead atoms. The van der Waals surface area contributed by atoms with Gasteiger partial charge in [0.15, 0.2) is 8.32 Å². The molecule has 0 aliphatic carbocycles. The molecule has 1 fully saturated rings. The number of esters is 1. The maximum Gasteiger partial charge on any atom is 0.354 e. The summed E-state index contributed by atoms with van der Waals surface area (Å²) in [6, 6.07) is 0.0429. The number of ether oxygens (including phenoxy) is 1. The topological polar surface area (TPSA) is 55.8 Å². The molecule has 2 aliphatic rings. The minimum absolute atomic E-state index is 0.0228. The molecule has 6 heteroatoms. The highest BCUT2D eigenvalue weighted by molar-refractivity contribution is 6.74. The van der Waals surface area contributed by atoms with Gasteiger partial charge in [-0.25, -0.2) is 4.79 Å². The molecule has 3 atom stereocenters. The first-order valence-corrected chi connectivity index (χ1v) is 10.7. The lowest BCUT2D eigenvalue weighted by molar-refractivity contribution is -0.161. The molecule has 2 heterocycles. The normalized spacial score (nSPS) is 26.2. The van der Waals surface area contributed by atoms with Gasteiger partial charge in [0.25, 0.3) is 0 Å². The van der Waals surface area contributed by atoms with Crippen LogP contribution in [0, 0.1) is 5.92 Å². The summed E-state index contributed by atoms with van der Waals surface area (Å²) < 4.78 is 11.1. The Bertz CT molecular complexity index is 521. The largest absolute Gasteiger partial charge is 0.464 e. The number of hydrogen-bond acceptors (Lipinski definition) is 4. The fourth-order valence-corrected chi connectivity index (χ4v) is 4.39. The van der Waals surface area contributed by atoms with Crippen LogP contribution in [0.15, 0.2) is 11.8 Å². The average Bonchev–Trinajstić information content (AvgIpc) is 2.75. The van der Waals surface area contributed by atoms with Crippen molar-refractivity contribution in [3.05, 3.63) is 11.8 Å². The van der Waals surface area contributed by atoms with Crippen molar-refractivity contribution >= 4 is 20.2 Å². The maximum absolute atomic E-state index is 12.5. The van der Waals surface area contributed by atoms with Gasteiger partial charge in [-0.05, 0) is 31.5 Å². The van der Waals surface area contributed by atoms with Crippen LogP contribution in [0.25, 0.3) is 0 Å². The summed E-state index contributed by atoms with van der Waals surface area (Å²) in [4.78, 5) is 25.7. The molecule has 2 rings (SSSR count). The molecule has 2 aliphatic heterocycles. The van der Waals surface area contributed by atoms with E-state index < -0.39 is 14.3 Å². The lowest BCUT2D eigenvalue weighted by Gasteiger charge is -2.49. The summed E-state index contributed by atoms with van der Waals surface area (Å²) in [5.41, 5.74) is 0.383. The molecule has 0 aromatic heterocycles. The first-order valence-electron chi connectivity index (χ1n) is 7.80. The van der Waals surface area contributed by atoms with Crippen LogP contribution in [0.4, 0.5) is 0 Å². The van der Waals surface area contributed by atoms with E-state index in [9.17, 15) is 9.59 Å². The molecule has 0 aromatic carbocycles. The monoisotopic (exact) mass is 325 g/mol. The molecule has 0 saturated carbocycles. The van der Waals surface area contributed by atoms with Crippen LogP contribution >= 0.6 is 0 Å². The van der Waals surface area contributed by atoms with E-state index in [1.807, 2.05) is 6.92 Å². The van der Waals surface area contributed by atoms with Gasteiger partial charge >= 0.3 is 5.97 Å². The standard InChI is InChI=1S/C16H27NO4Si/c1-10(21-22(6,7)16(2,3)4)13-11-8-9-12(15(19)20-5)17(11)14(13)18/h9-11,13H,8H2,1-7H3/t10?,11-,13?/m1/s1. The molecule has 1 saturated heterocycles. The highest BCUT2D eigenvalue weighted by atomic mass is 28.4. The van der Waals surface area contributed by atoms with Gasteiger partial charge in [-0.15, -0.1) is 0 Å². The second-order valence-electron chi connectivity index (χ2n) is 7.70. The zero-order valence-corrected chi connectivity index (χ0v) is 15.6. The summed E-state index contributed by atoms with van der Waals surface area (Å²) in [6.07, 6.45) is 2.37. The Balaban J connectivity index is 2.06. The summed E-state index contributed by atoms with van der Waals surface area (Å²) in [7, 11) is -0.577. The Morgan fingerprint density at radius 1 is 1.41 bits per heavy atom. The zero-order chi connectivity index (χ0) is 16.9. The van der Waals surface area contributed by atoms with Crippen LogP contribution in [-0.2, 0) is 18.8 Å². The molecule has 22 heavy (non-hydrogen) atoms. The fraction of sp³-hybridized carbons (Fsp3) is 0.750. The van der Waals surface area contributed by atoms with Gasteiger partial charge in [0.1, 0.15) is 5.70 Å². The second kappa shape index (κ2) is 5.49. The van der Waals surface area contributed by atoms with E-state index in [2.05, 4.69) is 33.9 Å². The first kappa shape index (κ1) is 17.2. The van der Waals surface area contributed by atoms with Crippen LogP contribution in [0.1, 0.15) is 34.1 Å². The van der Waals surface area contributed by atoms with E-state index in [-0.39, 0.29) is 29.0 Å². The Morgan fingerprint density at radius 3 is 2.50 bits per heavy atom. The molecule has 124 valence electrons. The van der Waals surface area contributed by atoms with Crippen molar-refractivity contribution in [3.63, 3.8) is 0 Å². The van der Waals surface area contributed by atoms with E-state index in [1.54, 1.807) is 11.0 Å². The number of nitrogens with zero attached hydrogens (tertiary/aromatic N) is 1. The van der Waals surface area contributed by atoms with Crippen LogP contribution in [0.2, 0.25) is 18.1 Å². The van der Waals surface area contributed by atoms with E-state index in [4.69, 9.17) is 9.16 Å². The van der Waals surface area contributed by atoms with Gasteiger partial charge in [-0.1, -0.05) is 26.8 Å². The molecule has 1 amide bonds. The molecular weight excluding hydrogens is 298 g/mol. The summed E-state index contributed by atoms with van der Waals surface area (Å²) in [6.45, 7) is 12.9. The fourth-order valence-electron chi connectivity index (χ4n) is 2.96. The van der Waals surface area contributed by atoms with E-state index in [1.165, 1.54) is 7.11 Å². The van der Waals surface area contributed by atoms with E-state index in [0.717, 1.165) is 0 Å². The van der Waals surface area contributed by atoms with Gasteiger partial charge < -0.3 is 14.1 Å². The third-order valence-corrected chi connectivity index (χ3v) is 9.84. The van der Waals surface area contributed by atoms with Crippen molar-refractivity contribution in [1.29, 1.82) is 0 Å². The quantitative estimate of drug-likeness (QED) is 0.453. The lowest BCUT2D eigenvalue weighted by atomic mass is 9.83. The predicted molar refractivity (Wildman–Crippen MR) is 86.6 cm³/mol. The molecule has 0 spiro atoms. The number of carbonyl (C=O) groups is 2. The Kier molecular flexibility index (Phi) is 4.30. The number of methoxy groups -OCH3 is 1. The molecule has 0 aromatic rings. The zero-order valence-electron chi connectivity index (χ0n) is 14.6. The second-order valence-corrected chi connectivity index (χ2v) is 12.5. The number of hydrogen-bond donors (Lipinski definition) is 0. The average molecular weight is 325 g/mol. The number of β-lactam (4-membered cyclic amide) rings is 1. The minimum atomic E-state index is -1.91. The maximum atomic E-state index is 12.5. The van der Waals surface area contributed by atoms with Crippen LogP contribution in [0.5, 0.6) is 0 Å². The third-order valence-electron chi connectivity index (χ3n) is 5.27. The Morgan fingerprint density at radius 2 is 2.00 bits per heavy atom. The highest BCUT2D eigenvalue weighted by Crippen LogP contribution is 2.44. The SMILES string of the molecule is COC(=O)C1=CC[C@@H]2C(C(C)O[Si](C)(C)C(C)(C)C)C(=O)N12. The van der Waals surface area contributed by atoms with E-state index in [0.29, 0.717) is 12.1 Å². The molecular formula is C16H27NO4Si. The predicted octanol–water partition coefficient (Wildman–Crippen LogP) is 2.68. The van der Waals surface area contributed by atoms with E-state index >= 15 is 0 Å². The van der Waals surface area contributed by atoms with Gasteiger partial charge in [-0.2, -0.15) is 0 Å². The Labute approximate surface area is 133 Å². The van der Waals surface area contributed by atoms with Gasteiger partial charge in [0.05, 0.1) is 25.2 Å². The van der Waals surface area contributed by atoms with Crippen molar-refractivity contribution < 1.29 is 18.8 Å². The number of rotatable bonds is 4. The Hall–Kier alpha value is -1.14. The van der Waals surface area contributed by atoms with Crippen molar-refractivity contribution in [2.24, 2.45) is 5.92 Å². The number of carbonyl (C=O) groups excluding carboxylic acids is 2. The summed E-state index contributed by atoms with van der Waals surface area (Å²) in [5.74, 6) is -0.620. The van der Waals surface area contributed by atoms with Crippen molar-refractivity contribution in [1.82, 2.24) is 4.90 Å². The molecule has 2 unspecified atom stereocenters. The van der Waals surface area contributed by atoms with Crippen LogP contribution in [-0.4, -0.2) is 44.3 Å². The summed E-state index contributed by atoms with van der Waals surface area (Å²) >= 11 is 0. The summed E-state index contributed by atoms with van der Waals surface area (Å²) in [5, 5.41) is 0.110. The van der Waals surface area contributed by atoms with Crippen molar-refractivity contribution in [2.45, 2.75) is 64.4 Å². The van der Waals surface area contributed by atoms with Crippen LogP contribution in [0.3, 0.4) is 0 Å². The number of amides is 1. The van der Waals surface area contributed by atoms with Crippen LogP contribution < -0.4 is 0 Å².